The fourth-order valence-corrected chi connectivity index (χ4v) is 5.63. The highest BCUT2D eigenvalue weighted by Gasteiger charge is 2.25. The number of carbonyl (C=O) groups is 2. The number of hydrogen-bond acceptors (Lipinski definition) is 6. The number of para-hydroxylation sites is 1. The number of nitrogens with zero attached hydrogens (tertiary/aromatic N) is 4. The third-order valence-electron chi connectivity index (χ3n) is 5.31. The molecule has 0 atom stereocenters. The third-order valence-corrected chi connectivity index (χ3v) is 7.37. The number of aryl methyl sites for hydroxylation is 1. The van der Waals surface area contributed by atoms with E-state index in [0.717, 1.165) is 53.2 Å². The van der Waals surface area contributed by atoms with Gasteiger partial charge in [-0.25, -0.2) is 4.98 Å². The first-order valence-electron chi connectivity index (χ1n) is 10.1. The molecule has 0 spiro atoms. The van der Waals surface area contributed by atoms with Gasteiger partial charge in [-0.3, -0.25) is 9.59 Å². The molecule has 2 aromatic rings. The molecule has 1 fully saturated rings. The van der Waals surface area contributed by atoms with Gasteiger partial charge in [0.15, 0.2) is 5.13 Å². The average Bonchev–Trinajstić information content (AvgIpc) is 3.03. The SMILES string of the molecule is Cc1csc(N2CCCN(C(=O)CCC(=O)N3CCSc4ccccc43)CC2)n1. The van der Waals surface area contributed by atoms with Crippen LogP contribution in [0.15, 0.2) is 34.5 Å². The first-order valence-corrected chi connectivity index (χ1v) is 12.0. The van der Waals surface area contributed by atoms with E-state index in [9.17, 15) is 9.59 Å². The largest absolute Gasteiger partial charge is 0.346 e. The molecule has 2 amide bonds. The summed E-state index contributed by atoms with van der Waals surface area (Å²) in [7, 11) is 0. The molecule has 1 aromatic heterocycles. The second-order valence-electron chi connectivity index (χ2n) is 7.35. The van der Waals surface area contributed by atoms with Crippen molar-refractivity contribution in [1.82, 2.24) is 9.88 Å². The van der Waals surface area contributed by atoms with E-state index in [1.54, 1.807) is 23.1 Å². The van der Waals surface area contributed by atoms with E-state index in [1.807, 2.05) is 34.9 Å². The van der Waals surface area contributed by atoms with Crippen LogP contribution in [0.25, 0.3) is 0 Å². The lowest BCUT2D eigenvalue weighted by Crippen LogP contribution is -2.38. The van der Waals surface area contributed by atoms with Crippen molar-refractivity contribution in [3.8, 4) is 0 Å². The highest BCUT2D eigenvalue weighted by molar-refractivity contribution is 7.99. The van der Waals surface area contributed by atoms with Crippen LogP contribution >= 0.6 is 23.1 Å². The van der Waals surface area contributed by atoms with Crippen molar-refractivity contribution in [2.75, 3.05) is 48.3 Å². The predicted molar refractivity (Wildman–Crippen MR) is 119 cm³/mol. The van der Waals surface area contributed by atoms with Crippen molar-refractivity contribution in [1.29, 1.82) is 0 Å². The lowest BCUT2D eigenvalue weighted by Gasteiger charge is -2.29. The maximum Gasteiger partial charge on any atom is 0.227 e. The average molecular weight is 431 g/mol. The van der Waals surface area contributed by atoms with Gasteiger partial charge in [-0.2, -0.15) is 0 Å². The van der Waals surface area contributed by atoms with Crippen LogP contribution < -0.4 is 9.80 Å². The summed E-state index contributed by atoms with van der Waals surface area (Å²) in [5, 5.41) is 3.10. The van der Waals surface area contributed by atoms with Crippen LogP contribution in [0.2, 0.25) is 0 Å². The van der Waals surface area contributed by atoms with E-state index in [1.165, 1.54) is 0 Å². The van der Waals surface area contributed by atoms with Crippen LogP contribution in [0.5, 0.6) is 0 Å². The van der Waals surface area contributed by atoms with Crippen LogP contribution in [0.1, 0.15) is 25.0 Å². The fourth-order valence-electron chi connectivity index (χ4n) is 3.78. The molecule has 29 heavy (non-hydrogen) atoms. The Labute approximate surface area is 179 Å². The zero-order valence-corrected chi connectivity index (χ0v) is 18.3. The zero-order valence-electron chi connectivity index (χ0n) is 16.7. The molecule has 2 aliphatic heterocycles. The van der Waals surface area contributed by atoms with Crippen LogP contribution in [0, 0.1) is 6.92 Å². The van der Waals surface area contributed by atoms with Gasteiger partial charge in [0.2, 0.25) is 11.8 Å². The Morgan fingerprint density at radius 2 is 1.86 bits per heavy atom. The molecule has 1 saturated heterocycles. The molecule has 8 heteroatoms. The number of thioether (sulfide) groups is 1. The first kappa shape index (κ1) is 20.2. The molecule has 3 heterocycles. The van der Waals surface area contributed by atoms with Crippen LogP contribution in [-0.4, -0.2) is 60.2 Å². The molecule has 0 radical (unpaired) electrons. The second-order valence-corrected chi connectivity index (χ2v) is 9.33. The quantitative estimate of drug-likeness (QED) is 0.744. The zero-order chi connectivity index (χ0) is 20.2. The van der Waals surface area contributed by atoms with E-state index < -0.39 is 0 Å². The highest BCUT2D eigenvalue weighted by atomic mass is 32.2. The topological polar surface area (TPSA) is 56.8 Å². The fraction of sp³-hybridized carbons (Fsp3) is 0.476. The highest BCUT2D eigenvalue weighted by Crippen LogP contribution is 2.34. The maximum atomic E-state index is 12.8. The summed E-state index contributed by atoms with van der Waals surface area (Å²) < 4.78 is 0. The van der Waals surface area contributed by atoms with Gasteiger partial charge in [-0.15, -0.1) is 23.1 Å². The molecule has 6 nitrogen and oxygen atoms in total. The van der Waals surface area contributed by atoms with Gasteiger partial charge in [-0.1, -0.05) is 12.1 Å². The molecule has 0 aliphatic carbocycles. The van der Waals surface area contributed by atoms with Gasteiger partial charge in [0.25, 0.3) is 0 Å². The number of benzene rings is 1. The smallest absolute Gasteiger partial charge is 0.227 e. The summed E-state index contributed by atoms with van der Waals surface area (Å²) in [4.78, 5) is 37.3. The van der Waals surface area contributed by atoms with Crippen molar-refractivity contribution in [3.05, 3.63) is 35.3 Å². The Hall–Kier alpha value is -2.06. The Bertz CT molecular complexity index is 885. The molecule has 154 valence electrons. The molecule has 0 bridgehead atoms. The van der Waals surface area contributed by atoms with E-state index in [2.05, 4.69) is 21.3 Å². The normalized spacial score (nSPS) is 17.1. The van der Waals surface area contributed by atoms with Crippen molar-refractivity contribution in [3.63, 3.8) is 0 Å². The minimum absolute atomic E-state index is 0.0424. The van der Waals surface area contributed by atoms with Crippen LogP contribution in [0.3, 0.4) is 0 Å². The summed E-state index contributed by atoms with van der Waals surface area (Å²) >= 11 is 3.44. The first-order chi connectivity index (χ1) is 14.1. The summed E-state index contributed by atoms with van der Waals surface area (Å²) in [5.74, 6) is 1.02. The lowest BCUT2D eigenvalue weighted by atomic mass is 10.2. The molecule has 4 rings (SSSR count). The van der Waals surface area contributed by atoms with Crippen molar-refractivity contribution in [2.24, 2.45) is 0 Å². The third kappa shape index (κ3) is 4.75. The molecular weight excluding hydrogens is 404 g/mol. The van der Waals surface area contributed by atoms with Gasteiger partial charge in [0, 0.05) is 61.6 Å². The Kier molecular flexibility index (Phi) is 6.40. The summed E-state index contributed by atoms with van der Waals surface area (Å²) in [6.07, 6.45) is 1.47. The van der Waals surface area contributed by atoms with Gasteiger partial charge in [-0.05, 0) is 25.5 Å². The minimum atomic E-state index is 0.0424. The summed E-state index contributed by atoms with van der Waals surface area (Å²) in [6.45, 7) is 5.86. The molecule has 0 unspecified atom stereocenters. The van der Waals surface area contributed by atoms with E-state index in [0.29, 0.717) is 13.1 Å². The molecule has 0 N–H and O–H groups in total. The van der Waals surface area contributed by atoms with E-state index in [4.69, 9.17) is 0 Å². The molecule has 0 saturated carbocycles. The van der Waals surface area contributed by atoms with Crippen molar-refractivity contribution < 1.29 is 9.59 Å². The number of rotatable bonds is 4. The molecular formula is C21H26N4O2S2. The maximum absolute atomic E-state index is 12.8. The summed E-state index contributed by atoms with van der Waals surface area (Å²) in [5.41, 5.74) is 2.02. The second kappa shape index (κ2) is 9.17. The van der Waals surface area contributed by atoms with Crippen molar-refractivity contribution >= 4 is 45.7 Å². The Balaban J connectivity index is 1.30. The Morgan fingerprint density at radius 1 is 1.03 bits per heavy atom. The van der Waals surface area contributed by atoms with Gasteiger partial charge in [0.05, 0.1) is 11.4 Å². The number of fused-ring (bicyclic) bond motifs is 1. The van der Waals surface area contributed by atoms with Gasteiger partial charge >= 0.3 is 0 Å². The van der Waals surface area contributed by atoms with Crippen LogP contribution in [0.4, 0.5) is 10.8 Å². The number of thiazole rings is 1. The minimum Gasteiger partial charge on any atom is -0.346 e. The molecule has 1 aromatic carbocycles. The number of hydrogen-bond donors (Lipinski definition) is 0. The van der Waals surface area contributed by atoms with E-state index >= 15 is 0 Å². The lowest BCUT2D eigenvalue weighted by molar-refractivity contribution is -0.133. The van der Waals surface area contributed by atoms with Crippen LogP contribution in [-0.2, 0) is 9.59 Å². The van der Waals surface area contributed by atoms with Gasteiger partial charge < -0.3 is 14.7 Å². The van der Waals surface area contributed by atoms with Gasteiger partial charge in [0.1, 0.15) is 0 Å². The number of aromatic nitrogens is 1. The Morgan fingerprint density at radius 3 is 2.69 bits per heavy atom. The summed E-state index contributed by atoms with van der Waals surface area (Å²) in [6, 6.07) is 8.00. The van der Waals surface area contributed by atoms with Crippen molar-refractivity contribution in [2.45, 2.75) is 31.1 Å². The number of anilines is 2. The predicted octanol–water partition coefficient (Wildman–Crippen LogP) is 3.41. The number of amides is 2. The van der Waals surface area contributed by atoms with E-state index in [-0.39, 0.29) is 24.7 Å². The number of carbonyl (C=O) groups excluding carboxylic acids is 2. The molecule has 2 aliphatic rings. The monoisotopic (exact) mass is 430 g/mol. The standard InChI is InChI=1S/C21H26N4O2S2/c1-16-15-29-21(22-16)24-10-4-9-23(11-12-24)19(26)7-8-20(27)25-13-14-28-18-6-3-2-5-17(18)25/h2-3,5-6,15H,4,7-14H2,1H3.